The fourth-order valence-electron chi connectivity index (χ4n) is 2.36. The highest BCUT2D eigenvalue weighted by Crippen LogP contribution is 2.24. The van der Waals surface area contributed by atoms with Gasteiger partial charge in [0.2, 0.25) is 11.8 Å². The number of ether oxygens (including phenoxy) is 1. The Morgan fingerprint density at radius 1 is 1.24 bits per heavy atom. The van der Waals surface area contributed by atoms with E-state index in [-0.39, 0.29) is 0 Å². The second-order valence-electron chi connectivity index (χ2n) is 4.87. The number of methoxy groups -OCH3 is 1. The van der Waals surface area contributed by atoms with Crippen molar-refractivity contribution in [3.05, 3.63) is 33.1 Å². The minimum atomic E-state index is 0.617. The highest BCUT2D eigenvalue weighted by atomic mass is 79.9. The summed E-state index contributed by atoms with van der Waals surface area (Å²) in [5.74, 6) is 1.37. The van der Waals surface area contributed by atoms with Crippen LogP contribution in [0.2, 0.25) is 0 Å². The number of nitrogens with zero attached hydrogens (tertiary/aromatic N) is 4. The quantitative estimate of drug-likeness (QED) is 0.829. The van der Waals surface area contributed by atoms with Crippen molar-refractivity contribution in [2.45, 2.75) is 6.54 Å². The minimum absolute atomic E-state index is 0.617. The lowest BCUT2D eigenvalue weighted by Gasteiger charge is -2.34. The summed E-state index contributed by atoms with van der Waals surface area (Å²) in [6.07, 6.45) is 1.75. The zero-order valence-electron chi connectivity index (χ0n) is 11.8. The predicted octanol–water partition coefficient (Wildman–Crippen LogP) is 2.63. The van der Waals surface area contributed by atoms with Crippen LogP contribution >= 0.6 is 27.3 Å². The lowest BCUT2D eigenvalue weighted by atomic mass is 10.3. The third kappa shape index (κ3) is 3.72. The van der Waals surface area contributed by atoms with E-state index in [1.165, 1.54) is 8.66 Å². The molecule has 2 aromatic heterocycles. The van der Waals surface area contributed by atoms with Gasteiger partial charge in [0.05, 0.1) is 10.9 Å². The van der Waals surface area contributed by atoms with Gasteiger partial charge in [-0.05, 0) is 28.1 Å². The average molecular weight is 369 g/mol. The summed E-state index contributed by atoms with van der Waals surface area (Å²) >= 11 is 5.32. The number of anilines is 1. The van der Waals surface area contributed by atoms with E-state index in [1.807, 2.05) is 0 Å². The fraction of sp³-hybridized carbons (Fsp3) is 0.429. The number of aromatic nitrogens is 2. The molecule has 0 aliphatic carbocycles. The molecule has 112 valence electrons. The fourth-order valence-corrected chi connectivity index (χ4v) is 3.89. The Kier molecular flexibility index (Phi) is 4.72. The predicted molar refractivity (Wildman–Crippen MR) is 88.1 cm³/mol. The third-order valence-corrected chi connectivity index (χ3v) is 5.10. The van der Waals surface area contributed by atoms with Crippen molar-refractivity contribution in [3.8, 4) is 5.88 Å². The van der Waals surface area contributed by atoms with E-state index in [9.17, 15) is 0 Å². The van der Waals surface area contributed by atoms with Crippen LogP contribution in [-0.2, 0) is 6.54 Å². The molecule has 0 unspecified atom stereocenters. The molecule has 3 rings (SSSR count). The van der Waals surface area contributed by atoms with E-state index in [0.717, 1.165) is 38.7 Å². The Labute approximate surface area is 136 Å². The molecule has 0 spiro atoms. The second-order valence-corrected chi connectivity index (χ2v) is 7.42. The molecule has 0 saturated carbocycles. The monoisotopic (exact) mass is 368 g/mol. The topological polar surface area (TPSA) is 41.5 Å². The van der Waals surface area contributed by atoms with Crippen LogP contribution in [0, 0.1) is 0 Å². The van der Waals surface area contributed by atoms with Gasteiger partial charge in [-0.2, -0.15) is 4.98 Å². The molecule has 5 nitrogen and oxygen atoms in total. The molecule has 0 N–H and O–H groups in total. The molecule has 7 heteroatoms. The molecule has 0 amide bonds. The summed E-state index contributed by atoms with van der Waals surface area (Å²) in [5.41, 5.74) is 0. The van der Waals surface area contributed by atoms with Crippen LogP contribution in [0.1, 0.15) is 4.88 Å². The van der Waals surface area contributed by atoms with Gasteiger partial charge in [0, 0.05) is 49.9 Å². The van der Waals surface area contributed by atoms with Crippen molar-refractivity contribution in [1.82, 2.24) is 14.9 Å². The van der Waals surface area contributed by atoms with Crippen molar-refractivity contribution in [3.63, 3.8) is 0 Å². The van der Waals surface area contributed by atoms with E-state index >= 15 is 0 Å². The molecule has 1 aliphatic heterocycles. The van der Waals surface area contributed by atoms with Gasteiger partial charge in [-0.15, -0.1) is 11.3 Å². The Morgan fingerprint density at radius 2 is 2.05 bits per heavy atom. The van der Waals surface area contributed by atoms with Crippen LogP contribution in [-0.4, -0.2) is 48.2 Å². The number of piperazine rings is 1. The van der Waals surface area contributed by atoms with Crippen molar-refractivity contribution >= 4 is 33.2 Å². The molecule has 2 aromatic rings. The zero-order valence-corrected chi connectivity index (χ0v) is 14.2. The van der Waals surface area contributed by atoms with Crippen molar-refractivity contribution in [1.29, 1.82) is 0 Å². The summed E-state index contributed by atoms with van der Waals surface area (Å²) in [4.78, 5) is 14.8. The number of halogens is 1. The van der Waals surface area contributed by atoms with Crippen LogP contribution < -0.4 is 9.64 Å². The molecule has 1 fully saturated rings. The molecular formula is C14H17BrN4OS. The maximum absolute atomic E-state index is 5.16. The van der Waals surface area contributed by atoms with E-state index in [1.54, 1.807) is 30.7 Å². The smallest absolute Gasteiger partial charge is 0.228 e. The Bertz CT molecular complexity index is 598. The standard InChI is InChI=1S/C14H17BrN4OS/c1-20-13-4-5-16-14(17-13)19-8-6-18(7-9-19)10-11-2-3-12(15)21-11/h2-5H,6-10H2,1H3. The van der Waals surface area contributed by atoms with Crippen LogP contribution in [0.3, 0.4) is 0 Å². The SMILES string of the molecule is COc1ccnc(N2CCN(Cc3ccc(Br)s3)CC2)n1. The molecule has 0 atom stereocenters. The largest absolute Gasteiger partial charge is 0.481 e. The third-order valence-electron chi connectivity index (χ3n) is 3.49. The summed E-state index contributed by atoms with van der Waals surface area (Å²) in [7, 11) is 1.63. The summed E-state index contributed by atoms with van der Waals surface area (Å²) in [6.45, 7) is 4.95. The minimum Gasteiger partial charge on any atom is -0.481 e. The normalized spacial score (nSPS) is 16.2. The maximum atomic E-state index is 5.16. The maximum Gasteiger partial charge on any atom is 0.228 e. The van der Waals surface area contributed by atoms with Gasteiger partial charge < -0.3 is 9.64 Å². The molecule has 1 aliphatic rings. The van der Waals surface area contributed by atoms with Gasteiger partial charge in [0.1, 0.15) is 0 Å². The van der Waals surface area contributed by atoms with E-state index in [0.29, 0.717) is 5.88 Å². The van der Waals surface area contributed by atoms with Gasteiger partial charge in [-0.1, -0.05) is 0 Å². The first-order valence-electron chi connectivity index (χ1n) is 6.83. The van der Waals surface area contributed by atoms with Crippen LogP contribution in [0.25, 0.3) is 0 Å². The van der Waals surface area contributed by atoms with E-state index in [4.69, 9.17) is 4.74 Å². The Balaban J connectivity index is 1.57. The Morgan fingerprint density at radius 3 is 2.71 bits per heavy atom. The van der Waals surface area contributed by atoms with Gasteiger partial charge >= 0.3 is 0 Å². The van der Waals surface area contributed by atoms with Crippen molar-refractivity contribution < 1.29 is 4.74 Å². The van der Waals surface area contributed by atoms with Gasteiger partial charge in [0.25, 0.3) is 0 Å². The van der Waals surface area contributed by atoms with Gasteiger partial charge in [0.15, 0.2) is 0 Å². The Hall–Kier alpha value is -1.18. The molecule has 0 bridgehead atoms. The second kappa shape index (κ2) is 6.72. The molecule has 0 aromatic carbocycles. The zero-order chi connectivity index (χ0) is 14.7. The van der Waals surface area contributed by atoms with Crippen LogP contribution in [0.15, 0.2) is 28.2 Å². The van der Waals surface area contributed by atoms with E-state index < -0.39 is 0 Å². The van der Waals surface area contributed by atoms with Gasteiger partial charge in [-0.25, -0.2) is 4.98 Å². The summed E-state index contributed by atoms with van der Waals surface area (Å²) < 4.78 is 6.35. The first kappa shape index (κ1) is 14.7. The van der Waals surface area contributed by atoms with Crippen LogP contribution in [0.5, 0.6) is 5.88 Å². The molecule has 0 radical (unpaired) electrons. The number of hydrogen-bond acceptors (Lipinski definition) is 6. The lowest BCUT2D eigenvalue weighted by Crippen LogP contribution is -2.46. The highest BCUT2D eigenvalue weighted by Gasteiger charge is 2.19. The summed E-state index contributed by atoms with van der Waals surface area (Å²) in [5, 5.41) is 0. The van der Waals surface area contributed by atoms with E-state index in [2.05, 4.69) is 47.8 Å². The molecule has 1 saturated heterocycles. The molecule has 21 heavy (non-hydrogen) atoms. The number of hydrogen-bond donors (Lipinski definition) is 0. The van der Waals surface area contributed by atoms with Crippen molar-refractivity contribution in [2.75, 3.05) is 38.2 Å². The van der Waals surface area contributed by atoms with Crippen LogP contribution in [0.4, 0.5) is 5.95 Å². The number of thiophene rings is 1. The first-order chi connectivity index (χ1) is 10.2. The first-order valence-corrected chi connectivity index (χ1v) is 8.44. The summed E-state index contributed by atoms with van der Waals surface area (Å²) in [6, 6.07) is 6.07. The average Bonchev–Trinajstić information content (AvgIpc) is 2.93. The molecule has 3 heterocycles. The molecular weight excluding hydrogens is 352 g/mol. The lowest BCUT2D eigenvalue weighted by molar-refractivity contribution is 0.250. The van der Waals surface area contributed by atoms with Gasteiger partial charge in [-0.3, -0.25) is 4.90 Å². The van der Waals surface area contributed by atoms with Crippen molar-refractivity contribution in [2.24, 2.45) is 0 Å². The number of rotatable bonds is 4. The highest BCUT2D eigenvalue weighted by molar-refractivity contribution is 9.11.